The van der Waals surface area contributed by atoms with Crippen molar-refractivity contribution < 1.29 is 0 Å². The van der Waals surface area contributed by atoms with Crippen molar-refractivity contribution in [2.45, 2.75) is 19.5 Å². The van der Waals surface area contributed by atoms with Crippen LogP contribution in [-0.4, -0.2) is 17.6 Å². The quantitative estimate of drug-likeness (QED) is 0.615. The zero-order valence-corrected chi connectivity index (χ0v) is 7.78. The first-order valence-corrected chi connectivity index (χ1v) is 4.69. The molecule has 0 radical (unpaired) electrons. The molecule has 0 aliphatic rings. The average Bonchev–Trinajstić information content (AvgIpc) is 2.35. The van der Waals surface area contributed by atoms with E-state index in [0.29, 0.717) is 6.54 Å². The number of nitrogens with two attached hydrogens (primary N) is 1. The van der Waals surface area contributed by atoms with Gasteiger partial charge in [0.1, 0.15) is 0 Å². The summed E-state index contributed by atoms with van der Waals surface area (Å²) in [4.78, 5) is 13.4. The Kier molecular flexibility index (Phi) is 3.46. The summed E-state index contributed by atoms with van der Waals surface area (Å²) in [7, 11) is 0. The molecule has 0 bridgehead atoms. The summed E-state index contributed by atoms with van der Waals surface area (Å²) < 4.78 is 0. The number of nitrogens with one attached hydrogen (secondary N) is 2. The van der Waals surface area contributed by atoms with Gasteiger partial charge in [-0.2, -0.15) is 0 Å². The first kappa shape index (κ1) is 9.44. The fraction of sp³-hybridized carbons (Fsp3) is 0.571. The molecule has 0 spiro atoms. The summed E-state index contributed by atoms with van der Waals surface area (Å²) in [6, 6.07) is 0.148. The highest BCUT2D eigenvalue weighted by atomic mass is 32.1. The number of thiazole rings is 1. The maximum atomic E-state index is 10.7. The van der Waals surface area contributed by atoms with E-state index in [9.17, 15) is 4.79 Å². The van der Waals surface area contributed by atoms with Crippen LogP contribution in [0.2, 0.25) is 0 Å². The molecule has 1 unspecified atom stereocenters. The minimum absolute atomic E-state index is 0.00685. The second-order valence-electron chi connectivity index (χ2n) is 2.78. The van der Waals surface area contributed by atoms with Crippen LogP contribution in [0.5, 0.6) is 0 Å². The van der Waals surface area contributed by atoms with Gasteiger partial charge in [-0.25, -0.2) is 0 Å². The van der Waals surface area contributed by atoms with Crippen LogP contribution in [0.4, 0.5) is 0 Å². The first-order chi connectivity index (χ1) is 5.68. The normalized spacial score (nSPS) is 13.2. The molecule has 1 rings (SSSR count). The van der Waals surface area contributed by atoms with Gasteiger partial charge in [0.15, 0.2) is 0 Å². The zero-order valence-electron chi connectivity index (χ0n) is 6.96. The van der Waals surface area contributed by atoms with Crippen LogP contribution in [-0.2, 0) is 6.54 Å². The summed E-state index contributed by atoms with van der Waals surface area (Å²) in [5, 5.41) is 4.94. The van der Waals surface area contributed by atoms with Crippen LogP contribution in [0, 0.1) is 0 Å². The lowest BCUT2D eigenvalue weighted by Crippen LogP contribution is -2.30. The van der Waals surface area contributed by atoms with E-state index in [-0.39, 0.29) is 10.9 Å². The predicted octanol–water partition coefficient (Wildman–Crippen LogP) is -0.127. The highest BCUT2D eigenvalue weighted by molar-refractivity contribution is 7.07. The lowest BCUT2D eigenvalue weighted by molar-refractivity contribution is 0.603. The molecule has 0 aliphatic heterocycles. The van der Waals surface area contributed by atoms with E-state index in [1.807, 2.05) is 12.3 Å². The largest absolute Gasteiger partial charge is 0.327 e. The Morgan fingerprint density at radius 3 is 3.08 bits per heavy atom. The number of rotatable bonds is 4. The highest BCUT2D eigenvalue weighted by Gasteiger charge is 1.96. The van der Waals surface area contributed by atoms with Crippen molar-refractivity contribution in [3.05, 3.63) is 20.7 Å². The molecule has 0 fully saturated rings. The molecule has 0 saturated heterocycles. The van der Waals surface area contributed by atoms with Gasteiger partial charge in [0, 0.05) is 30.2 Å². The van der Waals surface area contributed by atoms with Crippen molar-refractivity contribution in [2.24, 2.45) is 5.73 Å². The smallest absolute Gasteiger partial charge is 0.304 e. The predicted molar refractivity (Wildman–Crippen MR) is 50.3 cm³/mol. The molecule has 4 nitrogen and oxygen atoms in total. The summed E-state index contributed by atoms with van der Waals surface area (Å²) in [6.07, 6.45) is 0. The van der Waals surface area contributed by atoms with Crippen LogP contribution in [0.3, 0.4) is 0 Å². The van der Waals surface area contributed by atoms with Crippen LogP contribution in [0.1, 0.15) is 12.6 Å². The summed E-state index contributed by atoms with van der Waals surface area (Å²) in [6.45, 7) is 3.38. The Bertz CT molecular complexity index is 278. The topological polar surface area (TPSA) is 70.9 Å². The molecule has 0 aromatic carbocycles. The van der Waals surface area contributed by atoms with Crippen LogP contribution in [0.25, 0.3) is 0 Å². The van der Waals surface area contributed by atoms with E-state index in [4.69, 9.17) is 5.73 Å². The van der Waals surface area contributed by atoms with Crippen LogP contribution < -0.4 is 15.9 Å². The van der Waals surface area contributed by atoms with Gasteiger partial charge in [-0.1, -0.05) is 11.3 Å². The van der Waals surface area contributed by atoms with Gasteiger partial charge in [0.05, 0.1) is 0 Å². The summed E-state index contributed by atoms with van der Waals surface area (Å²) >= 11 is 1.18. The summed E-state index contributed by atoms with van der Waals surface area (Å²) in [5.41, 5.74) is 6.45. The van der Waals surface area contributed by atoms with Gasteiger partial charge in [-0.15, -0.1) is 0 Å². The van der Waals surface area contributed by atoms with E-state index in [2.05, 4.69) is 10.3 Å². The Morgan fingerprint density at radius 2 is 2.58 bits per heavy atom. The molecule has 12 heavy (non-hydrogen) atoms. The molecule has 4 N–H and O–H groups in total. The van der Waals surface area contributed by atoms with Gasteiger partial charge >= 0.3 is 4.87 Å². The van der Waals surface area contributed by atoms with Crippen molar-refractivity contribution in [1.82, 2.24) is 10.3 Å². The number of hydrogen-bond acceptors (Lipinski definition) is 4. The first-order valence-electron chi connectivity index (χ1n) is 3.81. The van der Waals surface area contributed by atoms with E-state index >= 15 is 0 Å². The third-order valence-electron chi connectivity index (χ3n) is 1.35. The minimum atomic E-state index is -0.00685. The van der Waals surface area contributed by atoms with Gasteiger partial charge in [0.2, 0.25) is 0 Å². The van der Waals surface area contributed by atoms with Crippen LogP contribution >= 0.6 is 11.3 Å². The van der Waals surface area contributed by atoms with E-state index in [0.717, 1.165) is 12.2 Å². The molecule has 1 heterocycles. The van der Waals surface area contributed by atoms with E-state index in [1.165, 1.54) is 11.3 Å². The van der Waals surface area contributed by atoms with Gasteiger partial charge in [-0.3, -0.25) is 4.79 Å². The molecule has 0 amide bonds. The molecule has 1 aromatic heterocycles. The Morgan fingerprint density at radius 1 is 1.83 bits per heavy atom. The second kappa shape index (κ2) is 4.39. The van der Waals surface area contributed by atoms with Gasteiger partial charge < -0.3 is 16.0 Å². The molecule has 1 aromatic rings. The Labute approximate surface area is 74.8 Å². The molecule has 68 valence electrons. The zero-order chi connectivity index (χ0) is 8.97. The number of aromatic amines is 1. The maximum absolute atomic E-state index is 10.7. The van der Waals surface area contributed by atoms with Crippen molar-refractivity contribution in [1.29, 1.82) is 0 Å². The van der Waals surface area contributed by atoms with Crippen molar-refractivity contribution in [3.63, 3.8) is 0 Å². The molecule has 1 atom stereocenters. The van der Waals surface area contributed by atoms with E-state index < -0.39 is 0 Å². The van der Waals surface area contributed by atoms with Crippen molar-refractivity contribution in [3.8, 4) is 0 Å². The summed E-state index contributed by atoms with van der Waals surface area (Å²) in [5.74, 6) is 0. The maximum Gasteiger partial charge on any atom is 0.304 e. The van der Waals surface area contributed by atoms with Gasteiger partial charge in [0.25, 0.3) is 0 Å². The standard InChI is InChI=1S/C7H13N3OS/c1-5(8)2-9-3-6-4-12-7(11)10-6/h4-5,9H,2-3,8H2,1H3,(H,10,11). The van der Waals surface area contributed by atoms with Crippen LogP contribution in [0.15, 0.2) is 10.2 Å². The average molecular weight is 187 g/mol. The van der Waals surface area contributed by atoms with Crippen molar-refractivity contribution in [2.75, 3.05) is 6.54 Å². The fourth-order valence-electron chi connectivity index (χ4n) is 0.835. The lowest BCUT2D eigenvalue weighted by atomic mass is 10.3. The second-order valence-corrected chi connectivity index (χ2v) is 3.62. The number of hydrogen-bond donors (Lipinski definition) is 3. The molecule has 0 saturated carbocycles. The Hall–Kier alpha value is -0.650. The SMILES string of the molecule is CC(N)CNCc1csc(=O)[nH]1. The van der Waals surface area contributed by atoms with Crippen molar-refractivity contribution >= 4 is 11.3 Å². The molecular weight excluding hydrogens is 174 g/mol. The lowest BCUT2D eigenvalue weighted by Gasteiger charge is -2.05. The third-order valence-corrected chi connectivity index (χ3v) is 2.07. The van der Waals surface area contributed by atoms with E-state index in [1.54, 1.807) is 0 Å². The monoisotopic (exact) mass is 187 g/mol. The molecule has 0 aliphatic carbocycles. The molecular formula is C7H13N3OS. The molecule has 5 heteroatoms. The highest BCUT2D eigenvalue weighted by Crippen LogP contribution is 1.93. The Balaban J connectivity index is 2.29. The number of aromatic nitrogens is 1. The van der Waals surface area contributed by atoms with Gasteiger partial charge in [-0.05, 0) is 6.92 Å². The number of H-pyrrole nitrogens is 1. The minimum Gasteiger partial charge on any atom is -0.327 e. The third kappa shape index (κ3) is 3.17. The fourth-order valence-corrected chi connectivity index (χ4v) is 1.42.